The minimum Gasteiger partial charge on any atom is -0.493 e. The highest BCUT2D eigenvalue weighted by Crippen LogP contribution is 2.38. The van der Waals surface area contributed by atoms with Crippen molar-refractivity contribution in [3.05, 3.63) is 22.7 Å². The zero-order chi connectivity index (χ0) is 15.4. The Balaban J connectivity index is 2.17. The number of methoxy groups -OCH3 is 2. The van der Waals surface area contributed by atoms with Gasteiger partial charge in [0.1, 0.15) is 0 Å². The maximum absolute atomic E-state index is 10.9. The van der Waals surface area contributed by atoms with E-state index in [0.717, 1.165) is 24.9 Å². The third-order valence-corrected chi connectivity index (χ3v) is 4.26. The average molecular weight is 314 g/mol. The molecule has 0 amide bonds. The molecule has 2 rings (SSSR count). The van der Waals surface area contributed by atoms with Crippen LogP contribution in [0.2, 0.25) is 5.02 Å². The second kappa shape index (κ2) is 7.00. The summed E-state index contributed by atoms with van der Waals surface area (Å²) < 4.78 is 10.5. The summed E-state index contributed by atoms with van der Waals surface area (Å²) in [7, 11) is 3.12. The molecule has 0 aliphatic carbocycles. The topological polar surface area (TPSA) is 59.0 Å². The number of hydrogen-bond acceptors (Lipinski definition) is 4. The normalized spacial score (nSPS) is 18.7. The molecular formula is C15H20ClNO4. The Morgan fingerprint density at radius 3 is 2.81 bits per heavy atom. The average Bonchev–Trinajstić information content (AvgIpc) is 2.87. The van der Waals surface area contributed by atoms with Gasteiger partial charge < -0.3 is 14.6 Å². The Bertz CT molecular complexity index is 521. The number of likely N-dealkylation sites (tertiary alicyclic amines) is 1. The van der Waals surface area contributed by atoms with E-state index in [-0.39, 0.29) is 12.5 Å². The predicted molar refractivity (Wildman–Crippen MR) is 80.2 cm³/mol. The van der Waals surface area contributed by atoms with E-state index < -0.39 is 5.97 Å². The highest BCUT2D eigenvalue weighted by atomic mass is 35.5. The Hall–Kier alpha value is -1.46. The fourth-order valence-electron chi connectivity index (χ4n) is 2.81. The van der Waals surface area contributed by atoms with E-state index >= 15 is 0 Å². The van der Waals surface area contributed by atoms with Crippen LogP contribution >= 0.6 is 11.6 Å². The molecule has 1 aromatic rings. The monoisotopic (exact) mass is 313 g/mol. The summed E-state index contributed by atoms with van der Waals surface area (Å²) in [5, 5.41) is 9.50. The van der Waals surface area contributed by atoms with Crippen molar-refractivity contribution >= 4 is 17.6 Å². The SMILES string of the molecule is COc1ccc(CN2CCCC2CC(=O)O)c(Cl)c1OC. The summed E-state index contributed by atoms with van der Waals surface area (Å²) in [6.45, 7) is 1.51. The zero-order valence-corrected chi connectivity index (χ0v) is 13.0. The zero-order valence-electron chi connectivity index (χ0n) is 12.3. The van der Waals surface area contributed by atoms with Gasteiger partial charge in [0.25, 0.3) is 0 Å². The Labute approximate surface area is 129 Å². The quantitative estimate of drug-likeness (QED) is 0.875. The van der Waals surface area contributed by atoms with E-state index in [1.165, 1.54) is 0 Å². The smallest absolute Gasteiger partial charge is 0.304 e. The lowest BCUT2D eigenvalue weighted by atomic mass is 10.1. The van der Waals surface area contributed by atoms with Crippen LogP contribution in [0.4, 0.5) is 0 Å². The van der Waals surface area contributed by atoms with Crippen molar-refractivity contribution in [2.24, 2.45) is 0 Å². The second-order valence-corrected chi connectivity index (χ2v) is 5.52. The number of halogens is 1. The van der Waals surface area contributed by atoms with Gasteiger partial charge in [0.2, 0.25) is 0 Å². The first-order valence-corrected chi connectivity index (χ1v) is 7.29. The van der Waals surface area contributed by atoms with Gasteiger partial charge in [-0.25, -0.2) is 0 Å². The number of benzene rings is 1. The lowest BCUT2D eigenvalue weighted by molar-refractivity contribution is -0.138. The number of carboxylic acids is 1. The molecule has 1 aliphatic rings. The van der Waals surface area contributed by atoms with E-state index in [9.17, 15) is 4.79 Å². The predicted octanol–water partition coefficient (Wildman–Crippen LogP) is 2.80. The number of carboxylic acid groups (broad SMARTS) is 1. The fourth-order valence-corrected chi connectivity index (χ4v) is 3.10. The Kier molecular flexibility index (Phi) is 5.31. The van der Waals surface area contributed by atoms with Crippen LogP contribution in [0.5, 0.6) is 11.5 Å². The van der Waals surface area contributed by atoms with Crippen LogP contribution in [-0.4, -0.2) is 42.8 Å². The number of carbonyl (C=O) groups is 1. The molecule has 1 heterocycles. The number of hydrogen-bond donors (Lipinski definition) is 1. The van der Waals surface area contributed by atoms with Crippen LogP contribution in [0.3, 0.4) is 0 Å². The van der Waals surface area contributed by atoms with Gasteiger partial charge in [0.05, 0.1) is 25.7 Å². The van der Waals surface area contributed by atoms with Crippen LogP contribution in [0.1, 0.15) is 24.8 Å². The largest absolute Gasteiger partial charge is 0.493 e. The first-order valence-electron chi connectivity index (χ1n) is 6.92. The van der Waals surface area contributed by atoms with Crippen LogP contribution in [-0.2, 0) is 11.3 Å². The van der Waals surface area contributed by atoms with Gasteiger partial charge in [-0.3, -0.25) is 9.69 Å². The maximum atomic E-state index is 10.9. The van der Waals surface area contributed by atoms with Gasteiger partial charge in [-0.05, 0) is 31.0 Å². The minimum atomic E-state index is -0.759. The van der Waals surface area contributed by atoms with Gasteiger partial charge in [0.15, 0.2) is 11.5 Å². The molecule has 0 bridgehead atoms. The summed E-state index contributed by atoms with van der Waals surface area (Å²) in [5.41, 5.74) is 0.923. The molecule has 116 valence electrons. The second-order valence-electron chi connectivity index (χ2n) is 5.14. The van der Waals surface area contributed by atoms with Crippen molar-refractivity contribution in [3.8, 4) is 11.5 Å². The molecule has 1 atom stereocenters. The highest BCUT2D eigenvalue weighted by Gasteiger charge is 2.27. The number of rotatable bonds is 6. The molecule has 0 radical (unpaired) electrons. The van der Waals surface area contributed by atoms with Gasteiger partial charge in [-0.1, -0.05) is 17.7 Å². The number of ether oxygens (including phenoxy) is 2. The van der Waals surface area contributed by atoms with Gasteiger partial charge in [0, 0.05) is 12.6 Å². The molecule has 5 nitrogen and oxygen atoms in total. The van der Waals surface area contributed by atoms with Gasteiger partial charge in [-0.2, -0.15) is 0 Å². The molecule has 1 N–H and O–H groups in total. The lowest BCUT2D eigenvalue weighted by Crippen LogP contribution is -2.31. The minimum absolute atomic E-state index is 0.0756. The molecule has 1 saturated heterocycles. The maximum Gasteiger partial charge on any atom is 0.304 e. The summed E-state index contributed by atoms with van der Waals surface area (Å²) in [6.07, 6.45) is 2.10. The van der Waals surface area contributed by atoms with Crippen LogP contribution in [0.15, 0.2) is 12.1 Å². The molecule has 0 spiro atoms. The van der Waals surface area contributed by atoms with E-state index in [0.29, 0.717) is 23.1 Å². The van der Waals surface area contributed by atoms with Crippen molar-refractivity contribution in [1.82, 2.24) is 4.90 Å². The molecule has 1 aliphatic heterocycles. The summed E-state index contributed by atoms with van der Waals surface area (Å²) in [4.78, 5) is 13.1. The molecule has 0 aromatic heterocycles. The van der Waals surface area contributed by atoms with Gasteiger partial charge in [-0.15, -0.1) is 0 Å². The third kappa shape index (κ3) is 3.60. The highest BCUT2D eigenvalue weighted by molar-refractivity contribution is 6.33. The van der Waals surface area contributed by atoms with Crippen molar-refractivity contribution in [2.45, 2.75) is 31.8 Å². The van der Waals surface area contributed by atoms with E-state index in [2.05, 4.69) is 4.90 Å². The van der Waals surface area contributed by atoms with Crippen molar-refractivity contribution < 1.29 is 19.4 Å². The van der Waals surface area contributed by atoms with Crippen LogP contribution < -0.4 is 9.47 Å². The van der Waals surface area contributed by atoms with Crippen LogP contribution in [0, 0.1) is 0 Å². The van der Waals surface area contributed by atoms with Crippen molar-refractivity contribution in [2.75, 3.05) is 20.8 Å². The molecule has 1 fully saturated rings. The summed E-state index contributed by atoms with van der Waals surface area (Å²) in [5.74, 6) is 0.353. The Morgan fingerprint density at radius 2 is 2.19 bits per heavy atom. The van der Waals surface area contributed by atoms with Crippen molar-refractivity contribution in [1.29, 1.82) is 0 Å². The lowest BCUT2D eigenvalue weighted by Gasteiger charge is -2.24. The number of nitrogens with zero attached hydrogens (tertiary/aromatic N) is 1. The number of aliphatic carboxylic acids is 1. The fraction of sp³-hybridized carbons (Fsp3) is 0.533. The molecule has 0 saturated carbocycles. The standard InChI is InChI=1S/C15H20ClNO4/c1-20-12-6-5-10(14(16)15(12)21-2)9-17-7-3-4-11(17)8-13(18)19/h5-6,11H,3-4,7-9H2,1-2H3,(H,18,19). The van der Waals surface area contributed by atoms with E-state index in [1.807, 2.05) is 12.1 Å². The summed E-state index contributed by atoms with van der Waals surface area (Å²) >= 11 is 6.38. The molecule has 21 heavy (non-hydrogen) atoms. The van der Waals surface area contributed by atoms with Crippen molar-refractivity contribution in [3.63, 3.8) is 0 Å². The van der Waals surface area contributed by atoms with Gasteiger partial charge >= 0.3 is 5.97 Å². The van der Waals surface area contributed by atoms with Crippen LogP contribution in [0.25, 0.3) is 0 Å². The molecule has 1 aromatic carbocycles. The molecule has 1 unspecified atom stereocenters. The van der Waals surface area contributed by atoms with E-state index in [1.54, 1.807) is 14.2 Å². The van der Waals surface area contributed by atoms with E-state index in [4.69, 9.17) is 26.2 Å². The summed E-state index contributed by atoms with van der Waals surface area (Å²) in [6, 6.07) is 3.80. The Morgan fingerprint density at radius 1 is 1.43 bits per heavy atom. The third-order valence-electron chi connectivity index (χ3n) is 3.85. The first-order chi connectivity index (χ1) is 10.1. The first kappa shape index (κ1) is 15.9. The molecule has 6 heteroatoms. The molecular weight excluding hydrogens is 294 g/mol.